The van der Waals surface area contributed by atoms with E-state index < -0.39 is 39.5 Å². The van der Waals surface area contributed by atoms with Crippen LogP contribution in [0.2, 0.25) is 0 Å². The fourth-order valence-electron chi connectivity index (χ4n) is 3.62. The zero-order valence-corrected chi connectivity index (χ0v) is 21.8. The molecule has 11 nitrogen and oxygen atoms in total. The number of anilines is 1. The van der Waals surface area contributed by atoms with E-state index in [2.05, 4.69) is 10.1 Å². The lowest BCUT2D eigenvalue weighted by Crippen LogP contribution is -2.54. The van der Waals surface area contributed by atoms with Crippen molar-refractivity contribution in [1.82, 2.24) is 5.32 Å². The van der Waals surface area contributed by atoms with Crippen LogP contribution in [-0.4, -0.2) is 46.5 Å². The molecule has 3 aromatic rings. The molecule has 200 valence electrons. The van der Waals surface area contributed by atoms with Gasteiger partial charge in [0, 0.05) is 11.6 Å². The van der Waals surface area contributed by atoms with Gasteiger partial charge < -0.3 is 13.7 Å². The number of methoxy groups -OCH3 is 2. The Morgan fingerprint density at radius 1 is 0.923 bits per heavy atom. The first-order valence-electron chi connectivity index (χ1n) is 11.3. The molecule has 1 heterocycles. The molecule has 0 radical (unpaired) electrons. The van der Waals surface area contributed by atoms with Crippen molar-refractivity contribution in [3.05, 3.63) is 89.0 Å². The van der Waals surface area contributed by atoms with Crippen LogP contribution in [0.5, 0.6) is 11.5 Å². The van der Waals surface area contributed by atoms with Crippen molar-refractivity contribution in [2.45, 2.75) is 11.8 Å². The van der Waals surface area contributed by atoms with Gasteiger partial charge >= 0.3 is 22.1 Å². The van der Waals surface area contributed by atoms with E-state index in [0.29, 0.717) is 4.90 Å². The number of carbonyl (C=O) groups is 4. The van der Waals surface area contributed by atoms with Crippen LogP contribution in [0.4, 0.5) is 10.5 Å². The zero-order chi connectivity index (χ0) is 28.3. The molecule has 1 saturated heterocycles. The molecule has 0 unspecified atom stereocenters. The maximum absolute atomic E-state index is 13.3. The fraction of sp³-hybridized carbons (Fsp3) is 0.111. The summed E-state index contributed by atoms with van der Waals surface area (Å²) < 4.78 is 41.1. The number of nitrogens with one attached hydrogen (secondary N) is 1. The second kappa shape index (κ2) is 10.8. The van der Waals surface area contributed by atoms with Gasteiger partial charge in [-0.05, 0) is 61.5 Å². The average Bonchev–Trinajstić information content (AvgIpc) is 2.91. The van der Waals surface area contributed by atoms with Crippen LogP contribution in [-0.2, 0) is 24.4 Å². The Hall–Kier alpha value is -4.97. The standard InChI is InChI=1S/C27H22N2O9S/c1-16-4-12-21(13-5-16)39(34,35)38-23-15-20(36-2)11-8-18(23)14-22-24(30)28-27(33)29(25(22)31)19-9-6-17(7-10-19)26(32)37-3/h4-15H,1-3H3,(H,28,30,33)/b22-14+. The molecule has 0 aliphatic carbocycles. The van der Waals surface area contributed by atoms with Crippen LogP contribution < -0.4 is 19.1 Å². The molecule has 0 saturated carbocycles. The molecule has 0 bridgehead atoms. The minimum absolute atomic E-state index is 0.0559. The van der Waals surface area contributed by atoms with Crippen molar-refractivity contribution in [3.63, 3.8) is 0 Å². The van der Waals surface area contributed by atoms with Gasteiger partial charge in [0.2, 0.25) is 0 Å². The number of hydrogen-bond acceptors (Lipinski definition) is 9. The number of nitrogens with zero attached hydrogens (tertiary/aromatic N) is 1. The molecule has 0 aromatic heterocycles. The highest BCUT2D eigenvalue weighted by Crippen LogP contribution is 2.31. The number of amides is 4. The SMILES string of the molecule is COC(=O)c1ccc(N2C(=O)NC(=O)/C(=C\c3ccc(OC)cc3OS(=O)(=O)c3ccc(C)cc3)C2=O)cc1. The first-order valence-corrected chi connectivity index (χ1v) is 12.7. The normalized spacial score (nSPS) is 14.7. The van der Waals surface area contributed by atoms with E-state index >= 15 is 0 Å². The van der Waals surface area contributed by atoms with E-state index in [9.17, 15) is 27.6 Å². The van der Waals surface area contributed by atoms with Crippen molar-refractivity contribution < 1.29 is 41.3 Å². The average molecular weight is 551 g/mol. The summed E-state index contributed by atoms with van der Waals surface area (Å²) in [6.45, 7) is 1.80. The van der Waals surface area contributed by atoms with Crippen LogP contribution in [0, 0.1) is 6.92 Å². The summed E-state index contributed by atoms with van der Waals surface area (Å²) in [6, 6.07) is 14.6. The molecular weight excluding hydrogens is 528 g/mol. The highest BCUT2D eigenvalue weighted by atomic mass is 32.2. The van der Waals surface area contributed by atoms with Gasteiger partial charge in [-0.2, -0.15) is 8.42 Å². The van der Waals surface area contributed by atoms with E-state index in [1.807, 2.05) is 0 Å². The van der Waals surface area contributed by atoms with E-state index in [0.717, 1.165) is 11.6 Å². The summed E-state index contributed by atoms with van der Waals surface area (Å²) in [5, 5.41) is 2.08. The highest BCUT2D eigenvalue weighted by molar-refractivity contribution is 7.87. The lowest BCUT2D eigenvalue weighted by atomic mass is 10.1. The van der Waals surface area contributed by atoms with Gasteiger partial charge in [-0.1, -0.05) is 17.7 Å². The van der Waals surface area contributed by atoms with Gasteiger partial charge in [0.05, 0.1) is 25.5 Å². The minimum Gasteiger partial charge on any atom is -0.497 e. The molecule has 0 spiro atoms. The van der Waals surface area contributed by atoms with Crippen molar-refractivity contribution in [1.29, 1.82) is 0 Å². The van der Waals surface area contributed by atoms with Crippen LogP contribution in [0.15, 0.2) is 77.2 Å². The summed E-state index contributed by atoms with van der Waals surface area (Å²) >= 11 is 0. The molecular formula is C27H22N2O9S. The molecule has 3 aromatic carbocycles. The largest absolute Gasteiger partial charge is 0.497 e. The number of aryl methyl sites for hydroxylation is 1. The van der Waals surface area contributed by atoms with Gasteiger partial charge in [-0.15, -0.1) is 0 Å². The lowest BCUT2D eigenvalue weighted by molar-refractivity contribution is -0.122. The maximum atomic E-state index is 13.3. The summed E-state index contributed by atoms with van der Waals surface area (Å²) in [7, 11) is -1.71. The van der Waals surface area contributed by atoms with E-state index in [-0.39, 0.29) is 33.2 Å². The minimum atomic E-state index is -4.29. The van der Waals surface area contributed by atoms with Crippen molar-refractivity contribution in [2.24, 2.45) is 0 Å². The first-order chi connectivity index (χ1) is 18.5. The molecule has 39 heavy (non-hydrogen) atoms. The first kappa shape index (κ1) is 27.1. The smallest absolute Gasteiger partial charge is 0.339 e. The predicted molar refractivity (Wildman–Crippen MR) is 139 cm³/mol. The molecule has 4 amide bonds. The monoisotopic (exact) mass is 550 g/mol. The van der Waals surface area contributed by atoms with Crippen molar-refractivity contribution >= 4 is 45.7 Å². The quantitative estimate of drug-likeness (QED) is 0.203. The van der Waals surface area contributed by atoms with Crippen LogP contribution in [0.3, 0.4) is 0 Å². The summed E-state index contributed by atoms with van der Waals surface area (Å²) in [5.41, 5.74) is 0.709. The number of carbonyl (C=O) groups excluding carboxylic acids is 4. The molecule has 12 heteroatoms. The predicted octanol–water partition coefficient (Wildman–Crippen LogP) is 3.22. The van der Waals surface area contributed by atoms with Gasteiger partial charge in [0.15, 0.2) is 5.75 Å². The number of imide groups is 2. The Labute approximate surface area is 223 Å². The zero-order valence-electron chi connectivity index (χ0n) is 21.0. The summed E-state index contributed by atoms with van der Waals surface area (Å²) in [6.07, 6.45) is 1.11. The second-order valence-electron chi connectivity index (χ2n) is 8.25. The Bertz CT molecular complexity index is 1610. The molecule has 1 aliphatic heterocycles. The molecule has 1 aliphatic rings. The Kier molecular flexibility index (Phi) is 7.49. The number of esters is 1. The lowest BCUT2D eigenvalue weighted by Gasteiger charge is -2.26. The number of ether oxygens (including phenoxy) is 2. The highest BCUT2D eigenvalue weighted by Gasteiger charge is 2.37. The molecule has 1 N–H and O–H groups in total. The number of rotatable bonds is 7. The number of benzene rings is 3. The summed E-state index contributed by atoms with van der Waals surface area (Å²) in [5.74, 6) is -2.53. The van der Waals surface area contributed by atoms with E-state index in [1.54, 1.807) is 19.1 Å². The van der Waals surface area contributed by atoms with Gasteiger partial charge in [-0.3, -0.25) is 14.9 Å². The third-order valence-electron chi connectivity index (χ3n) is 5.68. The molecule has 1 fully saturated rings. The van der Waals surface area contributed by atoms with Crippen molar-refractivity contribution in [2.75, 3.05) is 19.1 Å². The van der Waals surface area contributed by atoms with E-state index in [1.165, 1.54) is 68.8 Å². The van der Waals surface area contributed by atoms with E-state index in [4.69, 9.17) is 8.92 Å². The topological polar surface area (TPSA) is 145 Å². The second-order valence-corrected chi connectivity index (χ2v) is 9.80. The van der Waals surface area contributed by atoms with Gasteiger partial charge in [0.25, 0.3) is 11.8 Å². The molecule has 4 rings (SSSR count). The summed E-state index contributed by atoms with van der Waals surface area (Å²) in [4.78, 5) is 50.8. The number of urea groups is 1. The third-order valence-corrected chi connectivity index (χ3v) is 6.93. The maximum Gasteiger partial charge on any atom is 0.339 e. The number of hydrogen-bond donors (Lipinski definition) is 1. The van der Waals surface area contributed by atoms with Crippen molar-refractivity contribution in [3.8, 4) is 11.5 Å². The Balaban J connectivity index is 1.73. The van der Waals surface area contributed by atoms with Gasteiger partial charge in [-0.25, -0.2) is 14.5 Å². The van der Waals surface area contributed by atoms with Gasteiger partial charge in [0.1, 0.15) is 16.2 Å². The number of barbiturate groups is 1. The third kappa shape index (κ3) is 5.65. The molecule has 0 atom stereocenters. The van der Waals surface area contributed by atoms with Crippen LogP contribution in [0.1, 0.15) is 21.5 Å². The Morgan fingerprint density at radius 3 is 2.21 bits per heavy atom. The van der Waals surface area contributed by atoms with Crippen LogP contribution in [0.25, 0.3) is 6.08 Å². The fourth-order valence-corrected chi connectivity index (χ4v) is 4.56. The van der Waals surface area contributed by atoms with Crippen LogP contribution >= 0.6 is 0 Å². The Morgan fingerprint density at radius 2 is 1.59 bits per heavy atom.